The standard InChI is InChI=1S/C18H13N5O2S/c24-26(25)16-10-2-1-7-13(16)18(23-26)22-21-17(14-8-3-5-11-19-14)15-9-4-6-12-20-15/h1-12H,(H,22,23). The average Bonchev–Trinajstić information content (AvgIpc) is 2.95. The fraction of sp³-hybridized carbons (Fsp3) is 0. The number of hydrazone groups is 1. The highest BCUT2D eigenvalue weighted by atomic mass is 32.2. The molecule has 4 rings (SSSR count). The summed E-state index contributed by atoms with van der Waals surface area (Å²) in [7, 11) is -3.71. The highest BCUT2D eigenvalue weighted by Crippen LogP contribution is 2.24. The van der Waals surface area contributed by atoms with Gasteiger partial charge in [-0.3, -0.25) is 15.4 Å². The molecule has 0 amide bonds. The Kier molecular flexibility index (Phi) is 4.02. The molecule has 0 aliphatic carbocycles. The Morgan fingerprint density at radius 3 is 2.08 bits per heavy atom. The zero-order chi connectivity index (χ0) is 18.0. The minimum atomic E-state index is -3.71. The number of amidine groups is 1. The quantitative estimate of drug-likeness (QED) is 0.567. The minimum absolute atomic E-state index is 0.162. The monoisotopic (exact) mass is 363 g/mol. The van der Waals surface area contributed by atoms with E-state index in [0.29, 0.717) is 22.7 Å². The highest BCUT2D eigenvalue weighted by Gasteiger charge is 2.28. The number of hydrogen-bond acceptors (Lipinski definition) is 6. The molecule has 0 saturated carbocycles. The van der Waals surface area contributed by atoms with Crippen LogP contribution in [0.4, 0.5) is 0 Å². The lowest BCUT2D eigenvalue weighted by molar-refractivity contribution is 0.599. The fourth-order valence-electron chi connectivity index (χ4n) is 2.55. The predicted octanol–water partition coefficient (Wildman–Crippen LogP) is 1.97. The van der Waals surface area contributed by atoms with Gasteiger partial charge in [-0.1, -0.05) is 24.3 Å². The average molecular weight is 363 g/mol. The van der Waals surface area contributed by atoms with Crippen LogP contribution in [-0.4, -0.2) is 29.9 Å². The van der Waals surface area contributed by atoms with Gasteiger partial charge in [0.15, 0.2) is 5.84 Å². The number of pyridine rings is 2. The van der Waals surface area contributed by atoms with E-state index in [1.54, 1.807) is 54.9 Å². The van der Waals surface area contributed by atoms with Crippen LogP contribution in [-0.2, 0) is 10.0 Å². The Labute approximate surface area is 150 Å². The molecule has 3 aromatic rings. The van der Waals surface area contributed by atoms with E-state index in [4.69, 9.17) is 0 Å². The van der Waals surface area contributed by atoms with Gasteiger partial charge in [-0.25, -0.2) is 0 Å². The van der Waals surface area contributed by atoms with Crippen LogP contribution in [0.5, 0.6) is 0 Å². The molecule has 26 heavy (non-hydrogen) atoms. The number of rotatable bonds is 3. The number of nitrogens with one attached hydrogen (secondary N) is 1. The summed E-state index contributed by atoms with van der Waals surface area (Å²) in [4.78, 5) is 8.77. The van der Waals surface area contributed by atoms with Crippen molar-refractivity contribution in [2.24, 2.45) is 9.50 Å². The van der Waals surface area contributed by atoms with Crippen molar-refractivity contribution >= 4 is 21.6 Å². The predicted molar refractivity (Wildman–Crippen MR) is 97.4 cm³/mol. The highest BCUT2D eigenvalue weighted by molar-refractivity contribution is 7.90. The summed E-state index contributed by atoms with van der Waals surface area (Å²) in [5.74, 6) is 0.171. The summed E-state index contributed by atoms with van der Waals surface area (Å²) >= 11 is 0. The van der Waals surface area contributed by atoms with E-state index in [-0.39, 0.29) is 10.7 Å². The van der Waals surface area contributed by atoms with Crippen molar-refractivity contribution in [1.29, 1.82) is 0 Å². The summed E-state index contributed by atoms with van der Waals surface area (Å²) in [5.41, 5.74) is 4.95. The molecule has 0 fully saturated rings. The number of fused-ring (bicyclic) bond motifs is 1. The van der Waals surface area contributed by atoms with Crippen LogP contribution in [0.1, 0.15) is 17.0 Å². The molecule has 0 atom stereocenters. The molecule has 1 aliphatic rings. The number of hydrogen-bond donors (Lipinski definition) is 1. The largest absolute Gasteiger partial charge is 0.285 e. The van der Waals surface area contributed by atoms with Crippen molar-refractivity contribution in [3.63, 3.8) is 0 Å². The fourth-order valence-corrected chi connectivity index (χ4v) is 3.72. The zero-order valence-corrected chi connectivity index (χ0v) is 14.3. The van der Waals surface area contributed by atoms with Crippen LogP contribution in [0.25, 0.3) is 0 Å². The summed E-state index contributed by atoms with van der Waals surface area (Å²) in [5, 5.41) is 4.36. The lowest BCUT2D eigenvalue weighted by Gasteiger charge is -2.07. The molecule has 0 spiro atoms. The van der Waals surface area contributed by atoms with Gasteiger partial charge in [-0.05, 0) is 36.4 Å². The van der Waals surface area contributed by atoms with Gasteiger partial charge in [0.25, 0.3) is 10.0 Å². The number of aromatic nitrogens is 2. The van der Waals surface area contributed by atoms with Crippen LogP contribution < -0.4 is 5.43 Å². The summed E-state index contributed by atoms with van der Waals surface area (Å²) < 4.78 is 28.1. The van der Waals surface area contributed by atoms with Crippen LogP contribution in [0.15, 0.2) is 87.5 Å². The molecule has 0 bridgehead atoms. The third-order valence-corrected chi connectivity index (χ3v) is 5.05. The van der Waals surface area contributed by atoms with Crippen LogP contribution in [0.3, 0.4) is 0 Å². The Morgan fingerprint density at radius 1 is 0.846 bits per heavy atom. The zero-order valence-electron chi connectivity index (χ0n) is 13.4. The SMILES string of the molecule is O=S1(=O)N=C(NN=C(c2ccccn2)c2ccccn2)c2ccccc21. The molecular weight excluding hydrogens is 350 g/mol. The summed E-state index contributed by atoms with van der Waals surface area (Å²) in [6.45, 7) is 0. The van der Waals surface area contributed by atoms with Gasteiger partial charge in [0.05, 0.1) is 11.4 Å². The van der Waals surface area contributed by atoms with E-state index < -0.39 is 10.0 Å². The molecule has 128 valence electrons. The Hall–Kier alpha value is -3.39. The number of sulfonamides is 1. The Bertz CT molecular complexity index is 1070. The first-order chi connectivity index (χ1) is 12.6. The first kappa shape index (κ1) is 16.1. The van der Waals surface area contributed by atoms with E-state index in [1.807, 2.05) is 12.1 Å². The Morgan fingerprint density at radius 2 is 1.46 bits per heavy atom. The first-order valence-electron chi connectivity index (χ1n) is 7.76. The third-order valence-electron chi connectivity index (χ3n) is 3.72. The van der Waals surface area contributed by atoms with Crippen molar-refractivity contribution in [3.8, 4) is 0 Å². The van der Waals surface area contributed by atoms with E-state index in [1.165, 1.54) is 6.07 Å². The molecule has 0 unspecified atom stereocenters. The van der Waals surface area contributed by atoms with E-state index in [0.717, 1.165) is 0 Å². The van der Waals surface area contributed by atoms with E-state index >= 15 is 0 Å². The summed E-state index contributed by atoms with van der Waals surface area (Å²) in [6, 6.07) is 17.5. The Balaban J connectivity index is 1.76. The molecule has 7 nitrogen and oxygen atoms in total. The molecule has 1 aliphatic heterocycles. The van der Waals surface area contributed by atoms with Crippen LogP contribution in [0.2, 0.25) is 0 Å². The molecule has 1 aromatic carbocycles. The van der Waals surface area contributed by atoms with Gasteiger partial charge in [0.2, 0.25) is 0 Å². The van der Waals surface area contributed by atoms with Crippen molar-refractivity contribution in [1.82, 2.24) is 15.4 Å². The molecular formula is C18H13N5O2S. The topological polar surface area (TPSA) is 96.7 Å². The van der Waals surface area contributed by atoms with E-state index in [2.05, 4.69) is 24.9 Å². The van der Waals surface area contributed by atoms with Gasteiger partial charge in [-0.15, -0.1) is 4.40 Å². The minimum Gasteiger partial charge on any atom is -0.259 e. The number of benzene rings is 1. The molecule has 3 heterocycles. The first-order valence-corrected chi connectivity index (χ1v) is 9.20. The lowest BCUT2D eigenvalue weighted by Crippen LogP contribution is -2.21. The van der Waals surface area contributed by atoms with Gasteiger partial charge >= 0.3 is 0 Å². The van der Waals surface area contributed by atoms with Crippen molar-refractivity contribution in [2.45, 2.75) is 4.90 Å². The molecule has 1 N–H and O–H groups in total. The van der Waals surface area contributed by atoms with E-state index in [9.17, 15) is 8.42 Å². The second-order valence-electron chi connectivity index (χ2n) is 5.41. The molecule has 0 radical (unpaired) electrons. The second-order valence-corrected chi connectivity index (χ2v) is 6.99. The van der Waals surface area contributed by atoms with Crippen LogP contribution >= 0.6 is 0 Å². The summed E-state index contributed by atoms with van der Waals surface area (Å²) in [6.07, 6.45) is 3.31. The maximum atomic E-state index is 12.1. The van der Waals surface area contributed by atoms with Crippen LogP contribution in [0, 0.1) is 0 Å². The second kappa shape index (κ2) is 6.49. The normalized spacial score (nSPS) is 14.2. The van der Waals surface area contributed by atoms with Gasteiger partial charge < -0.3 is 0 Å². The van der Waals surface area contributed by atoms with Crippen molar-refractivity contribution in [3.05, 3.63) is 90.0 Å². The van der Waals surface area contributed by atoms with Gasteiger partial charge in [0.1, 0.15) is 10.6 Å². The molecule has 8 heteroatoms. The van der Waals surface area contributed by atoms with Gasteiger partial charge in [-0.2, -0.15) is 13.5 Å². The van der Waals surface area contributed by atoms with Crippen molar-refractivity contribution < 1.29 is 8.42 Å². The van der Waals surface area contributed by atoms with Crippen molar-refractivity contribution in [2.75, 3.05) is 0 Å². The third kappa shape index (κ3) is 2.98. The lowest BCUT2D eigenvalue weighted by atomic mass is 10.1. The molecule has 0 saturated heterocycles. The maximum Gasteiger partial charge on any atom is 0.285 e. The van der Waals surface area contributed by atoms with Gasteiger partial charge in [0, 0.05) is 18.0 Å². The maximum absolute atomic E-state index is 12.1. The smallest absolute Gasteiger partial charge is 0.259 e. The molecule has 2 aromatic heterocycles. The number of nitrogens with zero attached hydrogens (tertiary/aromatic N) is 4.